The number of nitrogens with one attached hydrogen (secondary N) is 1. The molecule has 0 amide bonds. The third kappa shape index (κ3) is 4.24. The van der Waals surface area contributed by atoms with Crippen molar-refractivity contribution < 1.29 is 17.9 Å². The van der Waals surface area contributed by atoms with E-state index in [9.17, 15) is 13.2 Å². The van der Waals surface area contributed by atoms with Gasteiger partial charge in [0.25, 0.3) is 0 Å². The Hall–Kier alpha value is -1.93. The minimum Gasteiger partial charge on any atom is -0.379 e. The maximum atomic E-state index is 12.6. The molecule has 0 saturated carbocycles. The van der Waals surface area contributed by atoms with E-state index in [-0.39, 0.29) is 17.2 Å². The number of carbonyl (C=O) groups excluding carboxylic acids is 1. The molecule has 0 spiro atoms. The van der Waals surface area contributed by atoms with Crippen LogP contribution in [0.25, 0.3) is 0 Å². The van der Waals surface area contributed by atoms with Crippen molar-refractivity contribution in [2.45, 2.75) is 4.90 Å². The normalized spacial score (nSPS) is 15.6. The summed E-state index contributed by atoms with van der Waals surface area (Å²) in [5.74, 6) is -0.153. The second-order valence-electron chi connectivity index (χ2n) is 5.80. The van der Waals surface area contributed by atoms with Gasteiger partial charge in [0, 0.05) is 18.7 Å². The van der Waals surface area contributed by atoms with Gasteiger partial charge in [-0.2, -0.15) is 4.31 Å². The summed E-state index contributed by atoms with van der Waals surface area (Å²) in [7, 11) is -3.56. The molecule has 2 aromatic rings. The number of hydrogen-bond acceptors (Lipinski definition) is 5. The second kappa shape index (κ2) is 8.18. The van der Waals surface area contributed by atoms with Gasteiger partial charge < -0.3 is 10.1 Å². The molecule has 0 unspecified atom stereocenters. The fraction of sp³-hybridized carbons (Fsp3) is 0.278. The molecule has 0 radical (unpaired) electrons. The highest BCUT2D eigenvalue weighted by atomic mass is 35.5. The fourth-order valence-electron chi connectivity index (χ4n) is 2.63. The van der Waals surface area contributed by atoms with Gasteiger partial charge in [-0.3, -0.25) is 4.79 Å². The van der Waals surface area contributed by atoms with Crippen LogP contribution in [0.1, 0.15) is 10.4 Å². The third-order valence-electron chi connectivity index (χ3n) is 4.10. The van der Waals surface area contributed by atoms with E-state index >= 15 is 0 Å². The lowest BCUT2D eigenvalue weighted by Gasteiger charge is -2.26. The van der Waals surface area contributed by atoms with Crippen molar-refractivity contribution in [2.75, 3.05) is 38.2 Å². The number of rotatable bonds is 6. The summed E-state index contributed by atoms with van der Waals surface area (Å²) in [4.78, 5) is 12.5. The molecule has 1 aliphatic heterocycles. The Balaban J connectivity index is 1.67. The Labute approximate surface area is 157 Å². The predicted octanol–water partition coefficient (Wildman–Crippen LogP) is 2.66. The Morgan fingerprint density at radius 3 is 2.38 bits per heavy atom. The van der Waals surface area contributed by atoms with Gasteiger partial charge in [0.05, 0.1) is 35.4 Å². The van der Waals surface area contributed by atoms with Gasteiger partial charge in [-0.25, -0.2) is 8.42 Å². The first-order valence-corrected chi connectivity index (χ1v) is 10.00. The Kier molecular flexibility index (Phi) is 5.93. The van der Waals surface area contributed by atoms with Crippen molar-refractivity contribution in [1.29, 1.82) is 0 Å². The molecule has 1 aliphatic rings. The van der Waals surface area contributed by atoms with Crippen molar-refractivity contribution in [2.24, 2.45) is 0 Å². The molecule has 1 saturated heterocycles. The summed E-state index contributed by atoms with van der Waals surface area (Å²) in [6.07, 6.45) is 0. The van der Waals surface area contributed by atoms with Gasteiger partial charge in [0.1, 0.15) is 0 Å². The van der Waals surface area contributed by atoms with Crippen LogP contribution in [-0.2, 0) is 14.8 Å². The maximum Gasteiger partial charge on any atom is 0.243 e. The SMILES string of the molecule is O=C(CNc1ccccc1Cl)c1ccc(S(=O)(=O)N2CCOCC2)cc1. The minimum atomic E-state index is -3.56. The molecule has 1 fully saturated rings. The number of halogens is 1. The lowest BCUT2D eigenvalue weighted by atomic mass is 10.1. The van der Waals surface area contributed by atoms with Crippen molar-refractivity contribution in [3.05, 3.63) is 59.1 Å². The molecule has 0 atom stereocenters. The molecule has 26 heavy (non-hydrogen) atoms. The van der Waals surface area contributed by atoms with Crippen LogP contribution in [0.2, 0.25) is 5.02 Å². The maximum absolute atomic E-state index is 12.6. The lowest BCUT2D eigenvalue weighted by Crippen LogP contribution is -2.40. The van der Waals surface area contributed by atoms with Gasteiger partial charge in [-0.1, -0.05) is 23.7 Å². The van der Waals surface area contributed by atoms with Crippen LogP contribution in [0.3, 0.4) is 0 Å². The number of Topliss-reactive ketones (excluding diaryl/α,β-unsaturated/α-hetero) is 1. The Bertz CT molecular complexity index is 878. The van der Waals surface area contributed by atoms with Crippen LogP contribution < -0.4 is 5.32 Å². The highest BCUT2D eigenvalue weighted by molar-refractivity contribution is 7.89. The average Bonchev–Trinajstić information content (AvgIpc) is 2.68. The van der Waals surface area contributed by atoms with Crippen LogP contribution in [0.5, 0.6) is 0 Å². The summed E-state index contributed by atoms with van der Waals surface area (Å²) < 4.78 is 31.7. The number of morpholine rings is 1. The zero-order valence-electron chi connectivity index (χ0n) is 14.0. The van der Waals surface area contributed by atoms with Gasteiger partial charge >= 0.3 is 0 Å². The molecule has 6 nitrogen and oxygen atoms in total. The standard InChI is InChI=1S/C18H19ClN2O4S/c19-16-3-1-2-4-17(16)20-13-18(22)14-5-7-15(8-6-14)26(23,24)21-9-11-25-12-10-21/h1-8,20H,9-13H2. The summed E-state index contributed by atoms with van der Waals surface area (Å²) in [6, 6.07) is 13.1. The fourth-order valence-corrected chi connectivity index (χ4v) is 4.24. The van der Waals surface area contributed by atoms with E-state index in [0.717, 1.165) is 0 Å². The largest absolute Gasteiger partial charge is 0.379 e. The molecule has 2 aromatic carbocycles. The topological polar surface area (TPSA) is 75.7 Å². The first kappa shape index (κ1) is 18.8. The first-order valence-electron chi connectivity index (χ1n) is 8.18. The van der Waals surface area contributed by atoms with E-state index in [1.807, 2.05) is 12.1 Å². The minimum absolute atomic E-state index is 0.0687. The molecule has 0 aromatic heterocycles. The van der Waals surface area contributed by atoms with Crippen molar-refractivity contribution in [3.63, 3.8) is 0 Å². The smallest absolute Gasteiger partial charge is 0.243 e. The quantitative estimate of drug-likeness (QED) is 0.762. The van der Waals surface area contributed by atoms with E-state index in [0.29, 0.717) is 42.6 Å². The van der Waals surface area contributed by atoms with Gasteiger partial charge in [0.2, 0.25) is 10.0 Å². The second-order valence-corrected chi connectivity index (χ2v) is 8.14. The average molecular weight is 395 g/mol. The summed E-state index contributed by atoms with van der Waals surface area (Å²) in [5, 5.41) is 3.52. The number of ketones is 1. The van der Waals surface area contributed by atoms with E-state index in [1.54, 1.807) is 12.1 Å². The summed E-state index contributed by atoms with van der Waals surface area (Å²) >= 11 is 6.04. The zero-order valence-corrected chi connectivity index (χ0v) is 15.6. The van der Waals surface area contributed by atoms with Crippen LogP contribution in [0.4, 0.5) is 5.69 Å². The molecule has 0 aliphatic carbocycles. The monoisotopic (exact) mass is 394 g/mol. The summed E-state index contributed by atoms with van der Waals surface area (Å²) in [6.45, 7) is 1.53. The Morgan fingerprint density at radius 2 is 1.73 bits per heavy atom. The molecule has 3 rings (SSSR count). The number of ether oxygens (including phenoxy) is 1. The number of benzene rings is 2. The van der Waals surface area contributed by atoms with Crippen LogP contribution in [0.15, 0.2) is 53.4 Å². The number of anilines is 1. The van der Waals surface area contributed by atoms with Gasteiger partial charge in [-0.05, 0) is 36.4 Å². The van der Waals surface area contributed by atoms with Crippen LogP contribution >= 0.6 is 11.6 Å². The van der Waals surface area contributed by atoms with E-state index < -0.39 is 10.0 Å². The lowest BCUT2D eigenvalue weighted by molar-refractivity contribution is 0.0730. The predicted molar refractivity (Wildman–Crippen MR) is 100 cm³/mol. The van der Waals surface area contributed by atoms with Crippen LogP contribution in [-0.4, -0.2) is 51.4 Å². The molecule has 0 bridgehead atoms. The van der Waals surface area contributed by atoms with Crippen molar-refractivity contribution in [3.8, 4) is 0 Å². The van der Waals surface area contributed by atoms with Crippen molar-refractivity contribution in [1.82, 2.24) is 4.31 Å². The first-order chi connectivity index (χ1) is 12.5. The molecular weight excluding hydrogens is 376 g/mol. The number of para-hydroxylation sites is 1. The molecular formula is C18H19ClN2O4S. The molecule has 138 valence electrons. The highest BCUT2D eigenvalue weighted by Gasteiger charge is 2.26. The van der Waals surface area contributed by atoms with Crippen molar-refractivity contribution >= 4 is 33.1 Å². The van der Waals surface area contributed by atoms with Gasteiger partial charge in [-0.15, -0.1) is 0 Å². The molecule has 8 heteroatoms. The van der Waals surface area contributed by atoms with Gasteiger partial charge in [0.15, 0.2) is 5.78 Å². The Morgan fingerprint density at radius 1 is 1.08 bits per heavy atom. The summed E-state index contributed by atoms with van der Waals surface area (Å²) in [5.41, 5.74) is 1.11. The zero-order chi connectivity index (χ0) is 18.6. The highest BCUT2D eigenvalue weighted by Crippen LogP contribution is 2.21. The van der Waals surface area contributed by atoms with E-state index in [4.69, 9.17) is 16.3 Å². The van der Waals surface area contributed by atoms with Crippen LogP contribution in [0, 0.1) is 0 Å². The number of hydrogen-bond donors (Lipinski definition) is 1. The van der Waals surface area contributed by atoms with E-state index in [1.165, 1.54) is 28.6 Å². The number of carbonyl (C=O) groups is 1. The van der Waals surface area contributed by atoms with E-state index in [2.05, 4.69) is 5.32 Å². The third-order valence-corrected chi connectivity index (χ3v) is 6.34. The number of sulfonamides is 1. The number of nitrogens with zero attached hydrogens (tertiary/aromatic N) is 1. The molecule has 1 N–H and O–H groups in total. The molecule has 1 heterocycles.